The molecule has 8 fully saturated rings. The second-order valence-electron chi connectivity index (χ2n) is 33.8. The molecule has 20 rings (SSSR count). The molecule has 0 unspecified atom stereocenters. The maximum atomic E-state index is 11.8. The number of benzene rings is 4. The van der Waals surface area contributed by atoms with Crippen LogP contribution >= 0.6 is 0 Å². The number of nitrogens with zero attached hydrogens (tertiary/aromatic N) is 24. The molecule has 12 aromatic rings. The fraction of sp³-hybridized carbons (Fsp3) is 0.433. The molecule has 0 radical (unpaired) electrons. The Morgan fingerprint density at radius 3 is 1.11 bits per heavy atom. The van der Waals surface area contributed by atoms with Crippen LogP contribution in [0.2, 0.25) is 0 Å². The fourth-order valence-electron chi connectivity index (χ4n) is 17.7. The number of piperazine rings is 2. The predicted molar refractivity (Wildman–Crippen MR) is 491 cm³/mol. The van der Waals surface area contributed by atoms with Crippen LogP contribution in [-0.4, -0.2) is 249 Å². The first-order valence-corrected chi connectivity index (χ1v) is 44.6. The summed E-state index contributed by atoms with van der Waals surface area (Å²) in [4.78, 5) is 70.4. The lowest BCUT2D eigenvalue weighted by Gasteiger charge is -2.35. The number of carbonyl (C=O) groups is 1. The highest BCUT2D eigenvalue weighted by Gasteiger charge is 2.35. The molecule has 8 aliphatic rings. The lowest BCUT2D eigenvalue weighted by molar-refractivity contribution is 0.0944. The van der Waals surface area contributed by atoms with Gasteiger partial charge in [0.25, 0.3) is 5.91 Å². The third-order valence-electron chi connectivity index (χ3n) is 25.0. The van der Waals surface area contributed by atoms with Crippen LogP contribution < -0.4 is 64.6 Å². The number of hydrogen-bond acceptors (Lipinski definition) is 31. The molecule has 1 amide bonds. The Kier molecular flexibility index (Phi) is 27.4. The van der Waals surface area contributed by atoms with Gasteiger partial charge in [0.15, 0.2) is 23.3 Å². The van der Waals surface area contributed by atoms with Crippen molar-refractivity contribution >= 4 is 87.9 Å². The minimum atomic E-state index is -0.248. The number of aliphatic hydroxyl groups excluding tert-OH is 1. The van der Waals surface area contributed by atoms with Crippen LogP contribution in [0.1, 0.15) is 149 Å². The van der Waals surface area contributed by atoms with Gasteiger partial charge in [-0.05, 0) is 262 Å². The molecule has 13 heterocycles. The fourth-order valence-corrected chi connectivity index (χ4v) is 17.7. The Labute approximate surface area is 733 Å². The summed E-state index contributed by atoms with van der Waals surface area (Å²) in [5.74, 6) is 8.73. The average molecular weight is 1710 g/mol. The van der Waals surface area contributed by atoms with Crippen molar-refractivity contribution in [2.75, 3.05) is 159 Å². The first-order chi connectivity index (χ1) is 61.7. The number of likely N-dealkylation sites (tertiary alicyclic amines) is 2. The molecule has 15 N–H and O–H groups in total. The number of nitrogens with two attached hydrogens (primary N) is 4. The lowest BCUT2D eigenvalue weighted by atomic mass is 9.81. The van der Waals surface area contributed by atoms with E-state index < -0.39 is 0 Å². The zero-order valence-corrected chi connectivity index (χ0v) is 71.8. The maximum Gasteiger partial charge on any atom is 0.251 e. The third kappa shape index (κ3) is 21.9. The molecule has 126 heavy (non-hydrogen) atoms. The number of nitrogen functional groups attached to an aromatic ring is 4. The quantitative estimate of drug-likeness (QED) is 0.0268. The van der Waals surface area contributed by atoms with E-state index in [4.69, 9.17) is 28.0 Å². The van der Waals surface area contributed by atoms with E-state index in [9.17, 15) is 4.79 Å². The van der Waals surface area contributed by atoms with Crippen molar-refractivity contribution in [3.63, 3.8) is 0 Å². The van der Waals surface area contributed by atoms with E-state index in [1.165, 1.54) is 142 Å². The van der Waals surface area contributed by atoms with Gasteiger partial charge in [-0.1, -0.05) is 48.5 Å². The van der Waals surface area contributed by atoms with Gasteiger partial charge in [-0.15, -0.1) is 20.4 Å². The summed E-state index contributed by atoms with van der Waals surface area (Å²) in [5, 5.41) is 45.4. The largest absolute Gasteiger partial charge is 0.395 e. The number of anilines is 14. The topological polar surface area (TPSA) is 433 Å². The molecular formula is C90H116N34O2. The maximum absolute atomic E-state index is 11.8. The van der Waals surface area contributed by atoms with E-state index in [-0.39, 0.29) is 31.0 Å². The molecule has 36 heteroatoms. The standard InChI is InChI=1S/C27H38N10.C24H32N10.C23H29N7.C16H17N7O2/c1-19(2)34-11-9-21(10-12-34)20-3-5-22(6-4-20)31-27-32-26(28)37(33-27)25-17-24(29-18-30-25)36-15-13-35(14-16-36)23-7-8-23;25-23-30-24(29-19-3-1-17(2-4-19)18-7-9-26-10-8-18)31-34(23)22-15-21(27-16-28-22)33-13-11-32(12-14-33)20-5-6-20;24-22-27-23(28-30(22)21-5-1-2-14-25-21)26-19-10-6-17(7-11-19)18-8-12-20(13-9-18)29-15-3-4-16-29;17-15-21-16(22-23(15)13-3-1-2-8-18-13)20-12-6-4-11(5-7-12)14(25)19-9-10-24/h3-6,17-19,21,23H,7-16H2,1-2H3,(H3,28,31,32,33);1-4,15-16,18,20,26H,5-14H2,(H3,25,29,30,31);1-2,5-7,10-11,14,18,20H,3-4,8-9,12-13,15-16H2,(H3,24,26,27,28);1-8,24H,9-10H2,(H,19,25)(H3,17,20,21,22). The highest BCUT2D eigenvalue weighted by atomic mass is 16.3. The number of hydrogen-bond donors (Lipinski definition) is 11. The van der Waals surface area contributed by atoms with Crippen molar-refractivity contribution in [3.8, 4) is 23.3 Å². The monoisotopic (exact) mass is 1710 g/mol. The number of amides is 1. The van der Waals surface area contributed by atoms with Crippen LogP contribution in [0.4, 0.5) is 82.0 Å². The van der Waals surface area contributed by atoms with Gasteiger partial charge in [0.05, 0.1) is 6.61 Å². The summed E-state index contributed by atoms with van der Waals surface area (Å²) in [5.41, 5.74) is 32.6. The van der Waals surface area contributed by atoms with Crippen molar-refractivity contribution in [2.45, 2.75) is 146 Å². The molecule has 0 bridgehead atoms. The normalized spacial score (nSPS) is 18.6. The van der Waals surface area contributed by atoms with Crippen LogP contribution in [0.25, 0.3) is 23.3 Å². The van der Waals surface area contributed by atoms with Crippen molar-refractivity contribution in [3.05, 3.63) is 193 Å². The van der Waals surface area contributed by atoms with Gasteiger partial charge in [0.2, 0.25) is 47.6 Å². The molecule has 0 spiro atoms. The summed E-state index contributed by atoms with van der Waals surface area (Å²) in [6.45, 7) is 20.0. The molecule has 8 aromatic heterocycles. The van der Waals surface area contributed by atoms with Gasteiger partial charge in [-0.25, -0.2) is 29.9 Å². The number of rotatable bonds is 24. The van der Waals surface area contributed by atoms with Gasteiger partial charge in [-0.3, -0.25) is 14.6 Å². The van der Waals surface area contributed by atoms with Crippen LogP contribution in [-0.2, 0) is 0 Å². The molecule has 3 saturated carbocycles. The number of aliphatic hydroxyl groups is 1. The smallest absolute Gasteiger partial charge is 0.251 e. The van der Waals surface area contributed by atoms with E-state index in [2.05, 4.69) is 218 Å². The van der Waals surface area contributed by atoms with E-state index >= 15 is 0 Å². The van der Waals surface area contributed by atoms with Gasteiger partial charge >= 0.3 is 0 Å². The van der Waals surface area contributed by atoms with Crippen molar-refractivity contribution in [1.82, 2.24) is 119 Å². The summed E-state index contributed by atoms with van der Waals surface area (Å²) < 4.78 is 6.11. The minimum Gasteiger partial charge on any atom is -0.395 e. The Hall–Kier alpha value is -12.9. The van der Waals surface area contributed by atoms with Crippen LogP contribution in [0.5, 0.6) is 0 Å². The van der Waals surface area contributed by atoms with Gasteiger partial charge < -0.3 is 79.5 Å². The van der Waals surface area contributed by atoms with E-state index in [0.717, 1.165) is 112 Å². The third-order valence-corrected chi connectivity index (χ3v) is 25.0. The molecular weight excluding hydrogens is 1590 g/mol. The van der Waals surface area contributed by atoms with Gasteiger partial charge in [-0.2, -0.15) is 38.7 Å². The van der Waals surface area contributed by atoms with Crippen LogP contribution in [0.3, 0.4) is 0 Å². The molecule has 3 aliphatic carbocycles. The number of pyridine rings is 2. The van der Waals surface area contributed by atoms with Crippen molar-refractivity contribution in [2.24, 2.45) is 0 Å². The molecule has 36 nitrogen and oxygen atoms in total. The second kappa shape index (κ2) is 40.4. The molecule has 658 valence electrons. The van der Waals surface area contributed by atoms with Gasteiger partial charge in [0, 0.05) is 136 Å². The number of piperidine rings is 2. The highest BCUT2D eigenvalue weighted by molar-refractivity contribution is 5.94. The average Bonchev–Trinajstić information content (AvgIpc) is 1.51. The molecule has 5 aliphatic heterocycles. The second-order valence-corrected chi connectivity index (χ2v) is 33.8. The molecule has 5 saturated heterocycles. The zero-order chi connectivity index (χ0) is 86.2. The van der Waals surface area contributed by atoms with Gasteiger partial charge in [0.1, 0.15) is 24.3 Å². The highest BCUT2D eigenvalue weighted by Crippen LogP contribution is 2.38. The Morgan fingerprint density at radius 1 is 0.397 bits per heavy atom. The predicted octanol–water partition coefficient (Wildman–Crippen LogP) is 10.2. The van der Waals surface area contributed by atoms with Crippen molar-refractivity contribution in [1.29, 1.82) is 0 Å². The van der Waals surface area contributed by atoms with E-state index in [1.807, 2.05) is 36.4 Å². The molecule has 4 aromatic carbocycles. The summed E-state index contributed by atoms with van der Waals surface area (Å²) >= 11 is 0. The minimum absolute atomic E-state index is 0.0998. The summed E-state index contributed by atoms with van der Waals surface area (Å²) in [6.07, 6.45) is 24.7. The number of carbonyl (C=O) groups excluding carboxylic acids is 1. The Bertz CT molecular complexity index is 5450. The summed E-state index contributed by atoms with van der Waals surface area (Å²) in [6, 6.07) is 50.6. The molecule has 0 atom stereocenters. The lowest BCUT2D eigenvalue weighted by Crippen LogP contribution is -2.47. The SMILES string of the molecule is CC(C)N1CCC(c2ccc(Nc3nc(N)n(-c4cc(N5CCN(C6CC6)CC5)ncn4)n3)cc2)CC1.Nc1nc(Nc2ccc(C(=O)NCCO)cc2)nn1-c1ccccn1.Nc1nc(Nc2ccc(C3CCC(N4CCCC4)CC3)cc2)nn1-c1ccccn1.Nc1nc(Nc2ccc(C3CCNCC3)cc2)nn1-c1cc(N2CCN(C3CC3)CC2)ncn1. The van der Waals surface area contributed by atoms with Crippen LogP contribution in [0.15, 0.2) is 171 Å². The van der Waals surface area contributed by atoms with E-state index in [1.54, 1.807) is 70.8 Å². The number of nitrogens with one attached hydrogen (secondary N) is 6. The first kappa shape index (κ1) is 85.3. The van der Waals surface area contributed by atoms with E-state index in [0.29, 0.717) is 94.0 Å². The van der Waals surface area contributed by atoms with Crippen LogP contribution in [0, 0.1) is 0 Å². The Morgan fingerprint density at radius 2 is 0.746 bits per heavy atom. The van der Waals surface area contributed by atoms with Crippen molar-refractivity contribution < 1.29 is 9.90 Å². The zero-order valence-electron chi connectivity index (χ0n) is 71.8. The number of aromatic nitrogens is 18. The Balaban J connectivity index is 0.000000120. The first-order valence-electron chi connectivity index (χ1n) is 44.6. The summed E-state index contributed by atoms with van der Waals surface area (Å²) in [7, 11) is 0.